The predicted molar refractivity (Wildman–Crippen MR) is 61.5 cm³/mol. The lowest BCUT2D eigenvalue weighted by Gasteiger charge is -2.16. The predicted octanol–water partition coefficient (Wildman–Crippen LogP) is 0.804. The third-order valence-corrected chi connectivity index (χ3v) is 3.26. The van der Waals surface area contributed by atoms with Crippen molar-refractivity contribution in [1.29, 1.82) is 0 Å². The number of hydrogen-bond acceptors (Lipinski definition) is 5. The summed E-state index contributed by atoms with van der Waals surface area (Å²) < 4.78 is 5.15. The van der Waals surface area contributed by atoms with Gasteiger partial charge in [-0.2, -0.15) is 4.98 Å². The Morgan fingerprint density at radius 3 is 2.94 bits per heavy atom. The van der Waals surface area contributed by atoms with Gasteiger partial charge in [0.25, 0.3) is 11.7 Å². The van der Waals surface area contributed by atoms with Crippen LogP contribution in [0.4, 0.5) is 0 Å². The first-order valence-corrected chi connectivity index (χ1v) is 6.03. The SMILES string of the molecule is CNC(=O)c1noc(C2CCCCCC2N)n1. The summed E-state index contributed by atoms with van der Waals surface area (Å²) in [4.78, 5) is 15.5. The molecule has 1 saturated carbocycles. The molecule has 3 N–H and O–H groups in total. The minimum atomic E-state index is -0.331. The number of rotatable bonds is 2. The van der Waals surface area contributed by atoms with Crippen molar-refractivity contribution in [3.05, 3.63) is 11.7 Å². The van der Waals surface area contributed by atoms with E-state index in [0.717, 1.165) is 25.7 Å². The quantitative estimate of drug-likeness (QED) is 0.743. The summed E-state index contributed by atoms with van der Waals surface area (Å²) >= 11 is 0. The second-order valence-corrected chi connectivity index (χ2v) is 4.44. The summed E-state index contributed by atoms with van der Waals surface area (Å²) in [7, 11) is 1.54. The number of carbonyl (C=O) groups excluding carboxylic acids is 1. The fourth-order valence-electron chi connectivity index (χ4n) is 2.23. The number of nitrogens with two attached hydrogens (primary N) is 1. The van der Waals surface area contributed by atoms with E-state index in [9.17, 15) is 4.79 Å². The van der Waals surface area contributed by atoms with Crippen LogP contribution in [0, 0.1) is 0 Å². The van der Waals surface area contributed by atoms with Crippen molar-refractivity contribution in [2.45, 2.75) is 44.1 Å². The van der Waals surface area contributed by atoms with Gasteiger partial charge in [-0.15, -0.1) is 0 Å². The Balaban J connectivity index is 2.15. The standard InChI is InChI=1S/C11H18N4O2/c1-13-10(16)9-14-11(17-15-9)7-5-3-2-4-6-8(7)12/h7-8H,2-6,12H2,1H3,(H,13,16). The van der Waals surface area contributed by atoms with Crippen LogP contribution in [0.15, 0.2) is 4.52 Å². The summed E-state index contributed by atoms with van der Waals surface area (Å²) in [5.41, 5.74) is 6.10. The van der Waals surface area contributed by atoms with Crippen molar-refractivity contribution >= 4 is 5.91 Å². The van der Waals surface area contributed by atoms with Crippen molar-refractivity contribution in [2.75, 3.05) is 7.05 Å². The van der Waals surface area contributed by atoms with E-state index in [-0.39, 0.29) is 23.7 Å². The molecular weight excluding hydrogens is 220 g/mol. The molecule has 0 spiro atoms. The molecule has 0 aromatic carbocycles. The van der Waals surface area contributed by atoms with E-state index in [4.69, 9.17) is 10.3 Å². The minimum Gasteiger partial charge on any atom is -0.352 e. The molecule has 94 valence electrons. The molecule has 17 heavy (non-hydrogen) atoms. The number of amides is 1. The highest BCUT2D eigenvalue weighted by Gasteiger charge is 2.28. The zero-order valence-electron chi connectivity index (χ0n) is 9.98. The Bertz CT molecular complexity index is 391. The van der Waals surface area contributed by atoms with Crippen LogP contribution in [0.5, 0.6) is 0 Å². The topological polar surface area (TPSA) is 94.0 Å². The molecule has 1 aliphatic rings. The smallest absolute Gasteiger partial charge is 0.292 e. The molecule has 1 amide bonds. The first-order valence-electron chi connectivity index (χ1n) is 6.03. The third kappa shape index (κ3) is 2.63. The summed E-state index contributed by atoms with van der Waals surface area (Å²) in [5, 5.41) is 6.14. The lowest BCUT2D eigenvalue weighted by atomic mass is 9.95. The second kappa shape index (κ2) is 5.27. The molecule has 1 aromatic rings. The molecule has 1 fully saturated rings. The molecule has 1 aromatic heterocycles. The van der Waals surface area contributed by atoms with E-state index < -0.39 is 0 Å². The maximum Gasteiger partial charge on any atom is 0.292 e. The monoisotopic (exact) mass is 238 g/mol. The number of hydrogen-bond donors (Lipinski definition) is 2. The van der Waals surface area contributed by atoms with Crippen LogP contribution >= 0.6 is 0 Å². The van der Waals surface area contributed by atoms with Gasteiger partial charge in [0.05, 0.1) is 5.92 Å². The van der Waals surface area contributed by atoms with Crippen LogP contribution in [0.1, 0.15) is 54.5 Å². The second-order valence-electron chi connectivity index (χ2n) is 4.44. The van der Waals surface area contributed by atoms with Crippen molar-refractivity contribution in [3.63, 3.8) is 0 Å². The maximum atomic E-state index is 11.3. The number of nitrogens with zero attached hydrogens (tertiary/aromatic N) is 2. The number of carbonyl (C=O) groups is 1. The largest absolute Gasteiger partial charge is 0.352 e. The number of nitrogens with one attached hydrogen (secondary N) is 1. The molecule has 2 unspecified atom stereocenters. The van der Waals surface area contributed by atoms with Crippen LogP contribution < -0.4 is 11.1 Å². The van der Waals surface area contributed by atoms with Gasteiger partial charge >= 0.3 is 0 Å². The lowest BCUT2D eigenvalue weighted by Crippen LogP contribution is -2.27. The molecule has 0 radical (unpaired) electrons. The highest BCUT2D eigenvalue weighted by atomic mass is 16.5. The van der Waals surface area contributed by atoms with Gasteiger partial charge in [0.1, 0.15) is 0 Å². The Labute approximate surface area is 99.9 Å². The van der Waals surface area contributed by atoms with E-state index in [1.165, 1.54) is 13.5 Å². The average molecular weight is 238 g/mol. The Kier molecular flexibility index (Phi) is 3.73. The number of aromatic nitrogens is 2. The van der Waals surface area contributed by atoms with Crippen LogP contribution in [0.2, 0.25) is 0 Å². The summed E-state index contributed by atoms with van der Waals surface area (Å²) in [6.45, 7) is 0. The molecule has 6 nitrogen and oxygen atoms in total. The first-order chi connectivity index (χ1) is 8.22. The summed E-state index contributed by atoms with van der Waals surface area (Å²) in [6, 6.07) is 0.0514. The zero-order valence-corrected chi connectivity index (χ0v) is 9.98. The van der Waals surface area contributed by atoms with Gasteiger partial charge in [-0.3, -0.25) is 4.79 Å². The molecule has 0 aliphatic heterocycles. The maximum absolute atomic E-state index is 11.3. The third-order valence-electron chi connectivity index (χ3n) is 3.26. The molecule has 2 rings (SSSR count). The van der Waals surface area contributed by atoms with E-state index in [0.29, 0.717) is 5.89 Å². The summed E-state index contributed by atoms with van der Waals surface area (Å²) in [5.74, 6) is 0.336. The Hall–Kier alpha value is -1.43. The van der Waals surface area contributed by atoms with Gasteiger partial charge in [-0.25, -0.2) is 0 Å². The van der Waals surface area contributed by atoms with Crippen molar-refractivity contribution in [2.24, 2.45) is 5.73 Å². The van der Waals surface area contributed by atoms with Gasteiger partial charge in [0.2, 0.25) is 5.89 Å². The van der Waals surface area contributed by atoms with Crippen LogP contribution in [0.3, 0.4) is 0 Å². The van der Waals surface area contributed by atoms with Crippen LogP contribution in [-0.4, -0.2) is 29.1 Å². The first kappa shape index (κ1) is 12.0. The molecule has 1 heterocycles. The molecule has 0 bridgehead atoms. The van der Waals surface area contributed by atoms with Crippen molar-refractivity contribution < 1.29 is 9.32 Å². The normalized spacial score (nSPS) is 25.3. The summed E-state index contributed by atoms with van der Waals surface area (Å²) in [6.07, 6.45) is 5.39. The molecule has 0 saturated heterocycles. The Morgan fingerprint density at radius 2 is 2.18 bits per heavy atom. The fraction of sp³-hybridized carbons (Fsp3) is 0.727. The van der Waals surface area contributed by atoms with Crippen molar-refractivity contribution in [1.82, 2.24) is 15.5 Å². The van der Waals surface area contributed by atoms with Crippen LogP contribution in [-0.2, 0) is 0 Å². The minimum absolute atomic E-state index is 0.0514. The lowest BCUT2D eigenvalue weighted by molar-refractivity contribution is 0.0950. The van der Waals surface area contributed by atoms with Crippen LogP contribution in [0.25, 0.3) is 0 Å². The van der Waals surface area contributed by atoms with Crippen molar-refractivity contribution in [3.8, 4) is 0 Å². The zero-order chi connectivity index (χ0) is 12.3. The van der Waals surface area contributed by atoms with Gasteiger partial charge in [0.15, 0.2) is 0 Å². The highest BCUT2D eigenvalue weighted by molar-refractivity contribution is 5.89. The van der Waals surface area contributed by atoms with Gasteiger partial charge in [-0.05, 0) is 12.8 Å². The highest BCUT2D eigenvalue weighted by Crippen LogP contribution is 2.29. The molecule has 6 heteroatoms. The average Bonchev–Trinajstić information content (AvgIpc) is 2.72. The van der Waals surface area contributed by atoms with E-state index >= 15 is 0 Å². The van der Waals surface area contributed by atoms with Gasteiger partial charge in [-0.1, -0.05) is 24.4 Å². The van der Waals surface area contributed by atoms with E-state index in [1.807, 2.05) is 0 Å². The van der Waals surface area contributed by atoms with E-state index in [2.05, 4.69) is 15.5 Å². The van der Waals surface area contributed by atoms with Gasteiger partial charge < -0.3 is 15.6 Å². The van der Waals surface area contributed by atoms with Gasteiger partial charge in [0, 0.05) is 13.1 Å². The van der Waals surface area contributed by atoms with E-state index in [1.54, 1.807) is 0 Å². The molecule has 2 atom stereocenters. The molecule has 1 aliphatic carbocycles. The fourth-order valence-corrected chi connectivity index (χ4v) is 2.23. The Morgan fingerprint density at radius 1 is 1.41 bits per heavy atom. The molecular formula is C11H18N4O2.